The second-order valence-corrected chi connectivity index (χ2v) is 4.26. The van der Waals surface area contributed by atoms with Crippen LogP contribution in [0.1, 0.15) is 50.8 Å². The number of rotatable bonds is 1. The van der Waals surface area contributed by atoms with Crippen molar-refractivity contribution in [3.05, 3.63) is 58.5 Å². The number of aliphatic hydroxyl groups excluding tert-OH is 1. The van der Waals surface area contributed by atoms with Gasteiger partial charge in [-0.3, -0.25) is 9.59 Å². The number of Topliss-reactive ketones (excluding diaryl/α,β-unsaturated/α-hetero) is 1. The smallest absolute Gasteiger partial charge is 0.197 e. The molecule has 0 spiro atoms. The molecule has 1 aromatic heterocycles. The van der Waals surface area contributed by atoms with Crippen molar-refractivity contribution in [1.29, 1.82) is 0 Å². The molecule has 2 aromatic rings. The molecule has 18 heavy (non-hydrogen) atoms. The number of ketones is 2. The van der Waals surface area contributed by atoms with Crippen LogP contribution in [-0.4, -0.2) is 16.7 Å². The normalized spacial score (nSPS) is 17.2. The zero-order chi connectivity index (χ0) is 12.9. The molecule has 0 saturated heterocycles. The molecule has 1 atom stereocenters. The van der Waals surface area contributed by atoms with Crippen LogP contribution in [0.2, 0.25) is 0 Å². The Labute approximate surface area is 103 Å². The molecule has 0 bridgehead atoms. The highest BCUT2D eigenvalue weighted by atomic mass is 16.4. The van der Waals surface area contributed by atoms with Gasteiger partial charge in [0, 0.05) is 12.5 Å². The Balaban J connectivity index is 2.24. The first-order valence-electron chi connectivity index (χ1n) is 5.56. The van der Waals surface area contributed by atoms with E-state index in [-0.39, 0.29) is 28.7 Å². The van der Waals surface area contributed by atoms with E-state index in [9.17, 15) is 14.7 Å². The van der Waals surface area contributed by atoms with Crippen molar-refractivity contribution in [2.75, 3.05) is 0 Å². The van der Waals surface area contributed by atoms with E-state index in [2.05, 4.69) is 0 Å². The number of carbonyl (C=O) groups is 2. The molecule has 1 aliphatic rings. The maximum atomic E-state index is 12.2. The zero-order valence-corrected chi connectivity index (χ0v) is 9.64. The molecule has 1 aliphatic carbocycles. The summed E-state index contributed by atoms with van der Waals surface area (Å²) in [6.07, 6.45) is -0.998. The number of fused-ring (bicyclic) bond motifs is 2. The van der Waals surface area contributed by atoms with E-state index in [0.717, 1.165) is 0 Å². The van der Waals surface area contributed by atoms with Crippen LogP contribution in [0.4, 0.5) is 0 Å². The first-order chi connectivity index (χ1) is 8.59. The molecule has 1 N–H and O–H groups in total. The van der Waals surface area contributed by atoms with Crippen LogP contribution in [0.5, 0.6) is 0 Å². The lowest BCUT2D eigenvalue weighted by molar-refractivity contribution is 0.0966. The predicted molar refractivity (Wildman–Crippen MR) is 62.6 cm³/mol. The van der Waals surface area contributed by atoms with Crippen LogP contribution in [0, 0.1) is 0 Å². The van der Waals surface area contributed by atoms with E-state index in [1.54, 1.807) is 24.3 Å². The Bertz CT molecular complexity index is 666. The topological polar surface area (TPSA) is 67.5 Å². The van der Waals surface area contributed by atoms with Gasteiger partial charge in [-0.1, -0.05) is 24.3 Å². The summed E-state index contributed by atoms with van der Waals surface area (Å²) in [6, 6.07) is 8.22. The van der Waals surface area contributed by atoms with E-state index in [1.807, 2.05) is 0 Å². The number of carbonyl (C=O) groups excluding carboxylic acids is 2. The van der Waals surface area contributed by atoms with E-state index >= 15 is 0 Å². The Kier molecular flexibility index (Phi) is 2.21. The quantitative estimate of drug-likeness (QED) is 0.777. The van der Waals surface area contributed by atoms with Crippen LogP contribution < -0.4 is 0 Å². The monoisotopic (exact) mass is 242 g/mol. The lowest BCUT2D eigenvalue weighted by atomic mass is 9.87. The average molecular weight is 242 g/mol. The third-order valence-corrected chi connectivity index (χ3v) is 3.10. The molecular formula is C14H10O4. The Morgan fingerprint density at radius 1 is 1.28 bits per heavy atom. The van der Waals surface area contributed by atoms with Gasteiger partial charge in [0.15, 0.2) is 17.3 Å². The van der Waals surface area contributed by atoms with E-state index in [0.29, 0.717) is 11.1 Å². The standard InChI is InChI=1S/C14H10O4/c1-7(15)11-6-10-12(16)8-4-2-3-5-9(8)13(17)14(10)18-11/h2-6,13,17H,1H3. The van der Waals surface area contributed by atoms with E-state index in [1.165, 1.54) is 13.0 Å². The van der Waals surface area contributed by atoms with Crippen LogP contribution in [0.25, 0.3) is 0 Å². The summed E-state index contributed by atoms with van der Waals surface area (Å²) in [5.41, 5.74) is 1.24. The third-order valence-electron chi connectivity index (χ3n) is 3.10. The lowest BCUT2D eigenvalue weighted by Crippen LogP contribution is -2.17. The molecule has 0 fully saturated rings. The molecule has 90 valence electrons. The maximum absolute atomic E-state index is 12.2. The van der Waals surface area contributed by atoms with Crippen LogP contribution in [0.3, 0.4) is 0 Å². The molecule has 0 aliphatic heterocycles. The second-order valence-electron chi connectivity index (χ2n) is 4.26. The van der Waals surface area contributed by atoms with Crippen molar-refractivity contribution in [2.45, 2.75) is 13.0 Å². The molecular weight excluding hydrogens is 232 g/mol. The van der Waals surface area contributed by atoms with Crippen molar-refractivity contribution < 1.29 is 19.1 Å². The van der Waals surface area contributed by atoms with Gasteiger partial charge in [0.05, 0.1) is 5.56 Å². The largest absolute Gasteiger partial charge is 0.454 e. The minimum absolute atomic E-state index is 0.0974. The summed E-state index contributed by atoms with van der Waals surface area (Å²) >= 11 is 0. The minimum atomic E-state index is -0.998. The fourth-order valence-electron chi connectivity index (χ4n) is 2.19. The molecule has 4 heteroatoms. The number of benzene rings is 1. The first-order valence-corrected chi connectivity index (χ1v) is 5.56. The minimum Gasteiger partial charge on any atom is -0.454 e. The summed E-state index contributed by atoms with van der Waals surface area (Å²) in [6.45, 7) is 1.36. The molecule has 0 amide bonds. The molecule has 0 radical (unpaired) electrons. The van der Waals surface area contributed by atoms with Crippen molar-refractivity contribution in [3.8, 4) is 0 Å². The van der Waals surface area contributed by atoms with Crippen LogP contribution in [0.15, 0.2) is 34.7 Å². The summed E-state index contributed by atoms with van der Waals surface area (Å²) in [7, 11) is 0. The average Bonchev–Trinajstić information content (AvgIpc) is 2.81. The van der Waals surface area contributed by atoms with Gasteiger partial charge in [0.2, 0.25) is 0 Å². The van der Waals surface area contributed by atoms with Gasteiger partial charge in [-0.25, -0.2) is 0 Å². The maximum Gasteiger partial charge on any atom is 0.197 e. The number of hydrogen-bond donors (Lipinski definition) is 1. The van der Waals surface area contributed by atoms with Crippen LogP contribution >= 0.6 is 0 Å². The Morgan fingerprint density at radius 2 is 2.00 bits per heavy atom. The highest BCUT2D eigenvalue weighted by Crippen LogP contribution is 2.36. The van der Waals surface area contributed by atoms with Crippen molar-refractivity contribution in [1.82, 2.24) is 0 Å². The van der Waals surface area contributed by atoms with Gasteiger partial charge >= 0.3 is 0 Å². The summed E-state index contributed by atoms with van der Waals surface area (Å²) in [5.74, 6) is -0.236. The lowest BCUT2D eigenvalue weighted by Gasteiger charge is -2.18. The predicted octanol–water partition coefficient (Wildman–Crippen LogP) is 2.11. The SMILES string of the molecule is CC(=O)c1cc2c(o1)C(O)c1ccccc1C2=O. The Morgan fingerprint density at radius 3 is 2.72 bits per heavy atom. The summed E-state index contributed by atoms with van der Waals surface area (Å²) in [4.78, 5) is 23.5. The van der Waals surface area contributed by atoms with Crippen molar-refractivity contribution in [2.24, 2.45) is 0 Å². The summed E-state index contributed by atoms with van der Waals surface area (Å²) in [5, 5.41) is 10.2. The molecule has 1 aromatic carbocycles. The first kappa shape index (κ1) is 10.9. The molecule has 3 rings (SSSR count). The number of aliphatic hydroxyl groups is 1. The molecule has 0 saturated carbocycles. The molecule has 1 heterocycles. The van der Waals surface area contributed by atoms with E-state index in [4.69, 9.17) is 4.42 Å². The third kappa shape index (κ3) is 1.36. The Hall–Kier alpha value is -2.20. The van der Waals surface area contributed by atoms with Crippen LogP contribution in [-0.2, 0) is 0 Å². The van der Waals surface area contributed by atoms with Gasteiger partial charge in [-0.15, -0.1) is 0 Å². The van der Waals surface area contributed by atoms with Gasteiger partial charge in [-0.2, -0.15) is 0 Å². The van der Waals surface area contributed by atoms with Crippen molar-refractivity contribution >= 4 is 11.6 Å². The zero-order valence-electron chi connectivity index (χ0n) is 9.64. The van der Waals surface area contributed by atoms with Gasteiger partial charge < -0.3 is 9.52 Å². The second kappa shape index (κ2) is 3.65. The highest BCUT2D eigenvalue weighted by molar-refractivity contribution is 6.13. The fraction of sp³-hybridized carbons (Fsp3) is 0.143. The van der Waals surface area contributed by atoms with Gasteiger partial charge in [-0.05, 0) is 11.6 Å². The molecule has 4 nitrogen and oxygen atoms in total. The molecule has 1 unspecified atom stereocenters. The number of hydrogen-bond acceptors (Lipinski definition) is 4. The van der Waals surface area contributed by atoms with Gasteiger partial charge in [0.25, 0.3) is 0 Å². The summed E-state index contributed by atoms with van der Waals surface area (Å²) < 4.78 is 5.29. The van der Waals surface area contributed by atoms with Gasteiger partial charge in [0.1, 0.15) is 11.9 Å². The van der Waals surface area contributed by atoms with E-state index < -0.39 is 6.10 Å². The number of furan rings is 1. The fourth-order valence-corrected chi connectivity index (χ4v) is 2.19. The van der Waals surface area contributed by atoms with Crippen molar-refractivity contribution in [3.63, 3.8) is 0 Å². The highest BCUT2D eigenvalue weighted by Gasteiger charge is 2.33.